The van der Waals surface area contributed by atoms with Gasteiger partial charge in [-0.15, -0.1) is 11.8 Å². The van der Waals surface area contributed by atoms with Crippen molar-refractivity contribution in [2.24, 2.45) is 0 Å². The van der Waals surface area contributed by atoms with Gasteiger partial charge >= 0.3 is 6.03 Å². The van der Waals surface area contributed by atoms with E-state index in [0.29, 0.717) is 11.4 Å². The Bertz CT molecular complexity index is 693. The fourth-order valence-corrected chi connectivity index (χ4v) is 2.53. The first kappa shape index (κ1) is 17.7. The van der Waals surface area contributed by atoms with Crippen LogP contribution >= 0.6 is 11.8 Å². The van der Waals surface area contributed by atoms with Crippen LogP contribution in [0.15, 0.2) is 53.4 Å². The van der Waals surface area contributed by atoms with E-state index in [-0.39, 0.29) is 18.1 Å². The number of thioether (sulfide) groups is 1. The number of halogens is 2. The second-order valence-electron chi connectivity index (χ2n) is 4.69. The molecular formula is C16H15F2N3O2S. The van der Waals surface area contributed by atoms with Gasteiger partial charge in [0.1, 0.15) is 11.6 Å². The molecule has 0 bridgehead atoms. The number of urea groups is 1. The quantitative estimate of drug-likeness (QED) is 0.572. The van der Waals surface area contributed by atoms with Crippen molar-refractivity contribution in [3.05, 3.63) is 60.2 Å². The van der Waals surface area contributed by atoms with Gasteiger partial charge < -0.3 is 5.32 Å². The van der Waals surface area contributed by atoms with Gasteiger partial charge in [-0.1, -0.05) is 0 Å². The lowest BCUT2D eigenvalue weighted by atomic mass is 10.3. The number of nitrogens with one attached hydrogen (secondary N) is 3. The molecule has 0 aliphatic rings. The van der Waals surface area contributed by atoms with Crippen molar-refractivity contribution in [3.8, 4) is 0 Å². The van der Waals surface area contributed by atoms with Gasteiger partial charge in [-0.2, -0.15) is 0 Å². The molecule has 5 nitrogen and oxygen atoms in total. The minimum Gasteiger partial charge on any atom is -0.307 e. The van der Waals surface area contributed by atoms with Crippen LogP contribution in [-0.2, 0) is 4.79 Å². The summed E-state index contributed by atoms with van der Waals surface area (Å²) in [6, 6.07) is 10.5. The zero-order valence-electron chi connectivity index (χ0n) is 12.5. The molecule has 2 aromatic rings. The van der Waals surface area contributed by atoms with Crippen LogP contribution in [0, 0.1) is 11.6 Å². The summed E-state index contributed by atoms with van der Waals surface area (Å²) in [4.78, 5) is 24.0. The Kier molecular flexibility index (Phi) is 6.56. The predicted octanol–water partition coefficient (Wildman–Crippen LogP) is 3.30. The molecule has 0 spiro atoms. The van der Waals surface area contributed by atoms with E-state index in [0.717, 1.165) is 4.90 Å². The monoisotopic (exact) mass is 351 g/mol. The van der Waals surface area contributed by atoms with Crippen molar-refractivity contribution in [3.63, 3.8) is 0 Å². The molecule has 0 aliphatic heterocycles. The maximum absolute atomic E-state index is 12.8. The fourth-order valence-electron chi connectivity index (χ4n) is 1.68. The first-order valence-electron chi connectivity index (χ1n) is 7.03. The lowest BCUT2D eigenvalue weighted by Crippen LogP contribution is -2.44. The number of benzene rings is 2. The van der Waals surface area contributed by atoms with Crippen molar-refractivity contribution in [1.82, 2.24) is 10.9 Å². The minimum absolute atomic E-state index is 0.179. The third-order valence-corrected chi connectivity index (χ3v) is 3.84. The van der Waals surface area contributed by atoms with Gasteiger partial charge in [0, 0.05) is 22.8 Å². The van der Waals surface area contributed by atoms with Gasteiger partial charge in [-0.3, -0.25) is 10.2 Å². The zero-order chi connectivity index (χ0) is 17.4. The van der Waals surface area contributed by atoms with E-state index >= 15 is 0 Å². The van der Waals surface area contributed by atoms with E-state index in [4.69, 9.17) is 0 Å². The van der Waals surface area contributed by atoms with Gasteiger partial charge in [0.15, 0.2) is 0 Å². The highest BCUT2D eigenvalue weighted by molar-refractivity contribution is 7.99. The lowest BCUT2D eigenvalue weighted by Gasteiger charge is -2.09. The van der Waals surface area contributed by atoms with E-state index in [9.17, 15) is 18.4 Å². The number of hydrogen-bond donors (Lipinski definition) is 3. The van der Waals surface area contributed by atoms with Gasteiger partial charge in [-0.25, -0.2) is 19.0 Å². The van der Waals surface area contributed by atoms with Crippen molar-refractivity contribution in [2.45, 2.75) is 11.3 Å². The van der Waals surface area contributed by atoms with Crippen molar-refractivity contribution in [2.75, 3.05) is 11.1 Å². The third-order valence-electron chi connectivity index (χ3n) is 2.83. The number of rotatable bonds is 5. The van der Waals surface area contributed by atoms with E-state index in [1.165, 1.54) is 48.2 Å². The first-order valence-corrected chi connectivity index (χ1v) is 8.01. The van der Waals surface area contributed by atoms with Crippen LogP contribution in [0.25, 0.3) is 0 Å². The summed E-state index contributed by atoms with van der Waals surface area (Å²) in [6.07, 6.45) is 0.179. The predicted molar refractivity (Wildman–Crippen MR) is 88.4 cm³/mol. The van der Waals surface area contributed by atoms with Crippen LogP contribution in [0.5, 0.6) is 0 Å². The molecule has 0 fully saturated rings. The van der Waals surface area contributed by atoms with Crippen molar-refractivity contribution < 1.29 is 18.4 Å². The molecule has 0 saturated carbocycles. The lowest BCUT2D eigenvalue weighted by molar-refractivity contribution is -0.121. The SMILES string of the molecule is O=C(CCSc1ccc(F)cc1)NNC(=O)Nc1ccc(F)cc1. The number of amides is 3. The second kappa shape index (κ2) is 8.88. The maximum Gasteiger partial charge on any atom is 0.337 e. The highest BCUT2D eigenvalue weighted by Gasteiger charge is 2.05. The molecule has 8 heteroatoms. The summed E-state index contributed by atoms with van der Waals surface area (Å²) in [7, 11) is 0. The van der Waals surface area contributed by atoms with Crippen LogP contribution in [0.1, 0.15) is 6.42 Å². The summed E-state index contributed by atoms with van der Waals surface area (Å²) in [5, 5.41) is 2.44. The number of anilines is 1. The molecule has 0 saturated heterocycles. The largest absolute Gasteiger partial charge is 0.337 e. The average Bonchev–Trinajstić information content (AvgIpc) is 2.57. The summed E-state index contributed by atoms with van der Waals surface area (Å²) in [5.41, 5.74) is 4.86. The third kappa shape index (κ3) is 6.25. The molecule has 126 valence electrons. The van der Waals surface area contributed by atoms with E-state index < -0.39 is 11.8 Å². The number of hydrogen-bond acceptors (Lipinski definition) is 3. The van der Waals surface area contributed by atoms with Gasteiger partial charge in [0.2, 0.25) is 5.91 Å². The molecule has 2 rings (SSSR count). The van der Waals surface area contributed by atoms with E-state index in [2.05, 4.69) is 16.2 Å². The normalized spacial score (nSPS) is 10.1. The molecule has 3 amide bonds. The Hall–Kier alpha value is -2.61. The van der Waals surface area contributed by atoms with E-state index in [1.807, 2.05) is 0 Å². The Morgan fingerprint density at radius 2 is 1.46 bits per heavy atom. The highest BCUT2D eigenvalue weighted by Crippen LogP contribution is 2.18. The molecule has 3 N–H and O–H groups in total. The Labute approximate surface area is 141 Å². The van der Waals surface area contributed by atoms with Crippen molar-refractivity contribution >= 4 is 29.4 Å². The van der Waals surface area contributed by atoms with Crippen LogP contribution in [-0.4, -0.2) is 17.7 Å². The molecule has 2 aromatic carbocycles. The number of hydrazine groups is 1. The molecule has 0 aromatic heterocycles. The molecule has 0 aliphatic carbocycles. The van der Waals surface area contributed by atoms with E-state index in [1.54, 1.807) is 12.1 Å². The summed E-state index contributed by atoms with van der Waals surface area (Å²) >= 11 is 1.40. The summed E-state index contributed by atoms with van der Waals surface area (Å²) in [5.74, 6) is -0.598. The topological polar surface area (TPSA) is 70.2 Å². The number of carbonyl (C=O) groups is 2. The van der Waals surface area contributed by atoms with Crippen LogP contribution in [0.4, 0.5) is 19.3 Å². The smallest absolute Gasteiger partial charge is 0.307 e. The van der Waals surface area contributed by atoms with Gasteiger partial charge in [-0.05, 0) is 48.5 Å². The van der Waals surface area contributed by atoms with Gasteiger partial charge in [0.25, 0.3) is 0 Å². The van der Waals surface area contributed by atoms with Crippen LogP contribution < -0.4 is 16.2 Å². The molecule has 24 heavy (non-hydrogen) atoms. The van der Waals surface area contributed by atoms with Crippen molar-refractivity contribution in [1.29, 1.82) is 0 Å². The molecule has 0 heterocycles. The summed E-state index contributed by atoms with van der Waals surface area (Å²) < 4.78 is 25.5. The molecular weight excluding hydrogens is 336 g/mol. The number of carbonyl (C=O) groups excluding carboxylic acids is 2. The minimum atomic E-state index is -0.638. The maximum atomic E-state index is 12.8. The molecule has 0 atom stereocenters. The van der Waals surface area contributed by atoms with Crippen LogP contribution in [0.3, 0.4) is 0 Å². The standard InChI is InChI=1S/C16H15F2N3O2S/c17-11-1-5-13(6-2-11)19-16(23)21-20-15(22)9-10-24-14-7-3-12(18)4-8-14/h1-8H,9-10H2,(H,20,22)(H2,19,21,23). The van der Waals surface area contributed by atoms with Crippen LogP contribution in [0.2, 0.25) is 0 Å². The zero-order valence-corrected chi connectivity index (χ0v) is 13.3. The molecule has 0 unspecified atom stereocenters. The Balaban J connectivity index is 1.64. The average molecular weight is 351 g/mol. The van der Waals surface area contributed by atoms with Gasteiger partial charge in [0.05, 0.1) is 0 Å². The Morgan fingerprint density at radius 1 is 0.875 bits per heavy atom. The molecule has 0 radical (unpaired) electrons. The fraction of sp³-hybridized carbons (Fsp3) is 0.125. The first-order chi connectivity index (χ1) is 11.5. The summed E-state index contributed by atoms with van der Waals surface area (Å²) in [6.45, 7) is 0. The Morgan fingerprint density at radius 3 is 2.08 bits per heavy atom. The highest BCUT2D eigenvalue weighted by atomic mass is 32.2. The second-order valence-corrected chi connectivity index (χ2v) is 5.85.